The van der Waals surface area contributed by atoms with Gasteiger partial charge in [0.1, 0.15) is 0 Å². The van der Waals surface area contributed by atoms with Crippen LogP contribution in [0.1, 0.15) is 11.1 Å². The predicted octanol–water partition coefficient (Wildman–Crippen LogP) is 2.28. The van der Waals surface area contributed by atoms with Gasteiger partial charge in [-0.05, 0) is 12.1 Å². The van der Waals surface area contributed by atoms with Gasteiger partial charge < -0.3 is 5.84 Å². The molecule has 0 fully saturated rings. The van der Waals surface area contributed by atoms with Crippen molar-refractivity contribution in [2.24, 2.45) is 10.9 Å². The van der Waals surface area contributed by atoms with E-state index in [2.05, 4.69) is 10.9 Å². The van der Waals surface area contributed by atoms with Crippen LogP contribution in [0.15, 0.2) is 17.2 Å². The molecule has 0 atom stereocenters. The van der Waals surface area contributed by atoms with Gasteiger partial charge in [0, 0.05) is 5.56 Å². The molecule has 0 amide bonds. The Morgan fingerprint density at radius 1 is 1.13 bits per heavy atom. The summed E-state index contributed by atoms with van der Waals surface area (Å²) in [6.45, 7) is 0. The second-order valence-corrected chi connectivity index (χ2v) is 2.61. The van der Waals surface area contributed by atoms with Gasteiger partial charge in [0.15, 0.2) is 11.6 Å². The Morgan fingerprint density at radius 2 is 1.73 bits per heavy atom. The molecule has 0 aliphatic rings. The Balaban J connectivity index is 3.34. The van der Waals surface area contributed by atoms with Crippen LogP contribution in [0.4, 0.5) is 22.0 Å². The largest absolute Gasteiger partial charge is 0.419 e. The van der Waals surface area contributed by atoms with E-state index < -0.39 is 28.9 Å². The molecular weight excluding hydrogens is 219 g/mol. The minimum atomic E-state index is -4.93. The van der Waals surface area contributed by atoms with Gasteiger partial charge in [0.25, 0.3) is 0 Å². The Bertz CT molecular complexity index is 397. The van der Waals surface area contributed by atoms with E-state index in [1.807, 2.05) is 0 Å². The quantitative estimate of drug-likeness (QED) is 0.338. The van der Waals surface area contributed by atoms with Gasteiger partial charge in [-0.15, -0.1) is 0 Å². The van der Waals surface area contributed by atoms with Crippen LogP contribution in [-0.2, 0) is 6.18 Å². The monoisotopic (exact) mass is 224 g/mol. The Kier molecular flexibility index (Phi) is 2.92. The highest BCUT2D eigenvalue weighted by atomic mass is 19.4. The van der Waals surface area contributed by atoms with Gasteiger partial charge in [0.2, 0.25) is 0 Å². The van der Waals surface area contributed by atoms with Crippen LogP contribution in [0, 0.1) is 11.6 Å². The molecule has 7 heteroatoms. The molecule has 0 bridgehead atoms. The first kappa shape index (κ1) is 11.4. The van der Waals surface area contributed by atoms with E-state index in [0.717, 1.165) is 12.3 Å². The number of alkyl halides is 3. The highest BCUT2D eigenvalue weighted by Crippen LogP contribution is 2.32. The third-order valence-corrected chi connectivity index (χ3v) is 1.63. The van der Waals surface area contributed by atoms with E-state index in [0.29, 0.717) is 6.07 Å². The van der Waals surface area contributed by atoms with Crippen molar-refractivity contribution in [1.29, 1.82) is 0 Å². The zero-order valence-corrected chi connectivity index (χ0v) is 7.15. The van der Waals surface area contributed by atoms with E-state index in [9.17, 15) is 22.0 Å². The van der Waals surface area contributed by atoms with Crippen LogP contribution in [0.25, 0.3) is 0 Å². The topological polar surface area (TPSA) is 38.4 Å². The molecule has 1 aromatic carbocycles. The fourth-order valence-electron chi connectivity index (χ4n) is 0.963. The zero-order valence-electron chi connectivity index (χ0n) is 7.15. The maximum Gasteiger partial charge on any atom is 0.419 e. The van der Waals surface area contributed by atoms with Crippen molar-refractivity contribution in [2.75, 3.05) is 0 Å². The molecule has 0 saturated carbocycles. The summed E-state index contributed by atoms with van der Waals surface area (Å²) in [6, 6.07) is 1.17. The predicted molar refractivity (Wildman–Crippen MR) is 43.1 cm³/mol. The fourth-order valence-corrected chi connectivity index (χ4v) is 0.963. The minimum absolute atomic E-state index is 0.426. The SMILES string of the molecule is NN=Cc1ccc(C(F)(F)F)c(F)c1F. The summed E-state index contributed by atoms with van der Waals surface area (Å²) < 4.78 is 62.1. The minimum Gasteiger partial charge on any atom is -0.323 e. The second kappa shape index (κ2) is 3.84. The van der Waals surface area contributed by atoms with Gasteiger partial charge in [-0.3, -0.25) is 0 Å². The van der Waals surface area contributed by atoms with Gasteiger partial charge in [0.05, 0.1) is 11.8 Å². The zero-order chi connectivity index (χ0) is 11.6. The number of nitrogens with zero attached hydrogens (tertiary/aromatic N) is 1. The van der Waals surface area contributed by atoms with Gasteiger partial charge in [-0.25, -0.2) is 8.78 Å². The molecule has 0 aromatic heterocycles. The average Bonchev–Trinajstić information content (AvgIpc) is 2.11. The van der Waals surface area contributed by atoms with Crippen molar-refractivity contribution >= 4 is 6.21 Å². The normalized spacial score (nSPS) is 12.3. The summed E-state index contributed by atoms with van der Waals surface area (Å²) in [5.41, 5.74) is -2.10. The molecule has 1 aromatic rings. The lowest BCUT2D eigenvalue weighted by Crippen LogP contribution is -2.11. The lowest BCUT2D eigenvalue weighted by atomic mass is 10.1. The maximum atomic E-state index is 13.0. The van der Waals surface area contributed by atoms with Gasteiger partial charge in [-0.2, -0.15) is 18.3 Å². The average molecular weight is 224 g/mol. The smallest absolute Gasteiger partial charge is 0.323 e. The molecule has 0 aliphatic heterocycles. The molecule has 15 heavy (non-hydrogen) atoms. The van der Waals surface area contributed by atoms with Crippen molar-refractivity contribution in [3.8, 4) is 0 Å². The summed E-state index contributed by atoms with van der Waals surface area (Å²) in [5.74, 6) is 1.08. The molecule has 0 spiro atoms. The number of halogens is 5. The summed E-state index contributed by atoms with van der Waals surface area (Å²) in [6.07, 6.45) is -4.21. The lowest BCUT2D eigenvalue weighted by Gasteiger charge is -2.08. The Labute approximate surface area is 81.2 Å². The maximum absolute atomic E-state index is 13.0. The molecule has 2 N–H and O–H groups in total. The van der Waals surface area contributed by atoms with Crippen molar-refractivity contribution in [1.82, 2.24) is 0 Å². The number of benzene rings is 1. The molecule has 0 radical (unpaired) electrons. The van der Waals surface area contributed by atoms with E-state index >= 15 is 0 Å². The first-order chi connectivity index (χ1) is 6.88. The number of rotatable bonds is 1. The van der Waals surface area contributed by atoms with E-state index in [1.54, 1.807) is 0 Å². The Hall–Kier alpha value is -1.66. The molecule has 1 rings (SSSR count). The van der Waals surface area contributed by atoms with Gasteiger partial charge >= 0.3 is 6.18 Å². The van der Waals surface area contributed by atoms with Crippen LogP contribution in [0.3, 0.4) is 0 Å². The van der Waals surface area contributed by atoms with Crippen LogP contribution in [0.5, 0.6) is 0 Å². The molecule has 2 nitrogen and oxygen atoms in total. The van der Waals surface area contributed by atoms with Crippen molar-refractivity contribution in [3.05, 3.63) is 34.9 Å². The fraction of sp³-hybridized carbons (Fsp3) is 0.125. The third-order valence-electron chi connectivity index (χ3n) is 1.63. The van der Waals surface area contributed by atoms with Crippen LogP contribution >= 0.6 is 0 Å². The molecule has 82 valence electrons. The molecule has 0 heterocycles. The highest BCUT2D eigenvalue weighted by Gasteiger charge is 2.35. The third kappa shape index (κ3) is 2.23. The number of hydrogen-bond acceptors (Lipinski definition) is 2. The van der Waals surface area contributed by atoms with E-state index in [4.69, 9.17) is 0 Å². The van der Waals surface area contributed by atoms with Crippen LogP contribution in [-0.4, -0.2) is 6.21 Å². The standard InChI is InChI=1S/C8H5F5N2/c9-6-4(3-15-14)1-2-5(7(6)10)8(11,12)13/h1-3H,14H2. The summed E-state index contributed by atoms with van der Waals surface area (Å²) in [7, 11) is 0. The van der Waals surface area contributed by atoms with E-state index in [1.165, 1.54) is 0 Å². The van der Waals surface area contributed by atoms with Crippen LogP contribution in [0.2, 0.25) is 0 Å². The first-order valence-electron chi connectivity index (χ1n) is 3.66. The lowest BCUT2D eigenvalue weighted by molar-refractivity contribution is -0.140. The van der Waals surface area contributed by atoms with Crippen molar-refractivity contribution < 1.29 is 22.0 Å². The second-order valence-electron chi connectivity index (χ2n) is 2.61. The number of hydrazone groups is 1. The van der Waals surface area contributed by atoms with E-state index in [-0.39, 0.29) is 0 Å². The molecule has 0 unspecified atom stereocenters. The van der Waals surface area contributed by atoms with Crippen LogP contribution < -0.4 is 5.84 Å². The summed E-state index contributed by atoms with van der Waals surface area (Å²) in [5, 5.41) is 2.89. The first-order valence-corrected chi connectivity index (χ1v) is 3.66. The Morgan fingerprint density at radius 3 is 2.20 bits per heavy atom. The summed E-state index contributed by atoms with van der Waals surface area (Å²) >= 11 is 0. The van der Waals surface area contributed by atoms with Crippen molar-refractivity contribution in [2.45, 2.75) is 6.18 Å². The molecular formula is C8H5F5N2. The van der Waals surface area contributed by atoms with Gasteiger partial charge in [-0.1, -0.05) is 0 Å². The molecule has 0 saturated heterocycles. The highest BCUT2D eigenvalue weighted by molar-refractivity contribution is 5.79. The molecule has 0 aliphatic carbocycles. The number of nitrogens with two attached hydrogens (primary N) is 1. The summed E-state index contributed by atoms with van der Waals surface area (Å²) in [4.78, 5) is 0. The van der Waals surface area contributed by atoms with Crippen molar-refractivity contribution in [3.63, 3.8) is 0 Å². The number of hydrogen-bond donors (Lipinski definition) is 1.